The predicted molar refractivity (Wildman–Crippen MR) is 77.4 cm³/mol. The number of hydrogen-bond donors (Lipinski definition) is 1. The minimum absolute atomic E-state index is 0.197. The van der Waals surface area contributed by atoms with Crippen LogP contribution in [0.25, 0.3) is 0 Å². The molecule has 4 nitrogen and oxygen atoms in total. The lowest BCUT2D eigenvalue weighted by molar-refractivity contribution is 0.386. The van der Waals surface area contributed by atoms with E-state index in [0.29, 0.717) is 28.9 Å². The predicted octanol–water partition coefficient (Wildman–Crippen LogP) is 3.89. The quantitative estimate of drug-likeness (QED) is 0.869. The fourth-order valence-electron chi connectivity index (χ4n) is 1.69. The molecule has 2 rings (SSSR count). The summed E-state index contributed by atoms with van der Waals surface area (Å²) in [6, 6.07) is 4.61. The summed E-state index contributed by atoms with van der Waals surface area (Å²) >= 11 is 6.06. The summed E-state index contributed by atoms with van der Waals surface area (Å²) < 4.78 is 18.5. The zero-order valence-corrected chi connectivity index (χ0v) is 12.3. The second kappa shape index (κ2) is 6.05. The summed E-state index contributed by atoms with van der Waals surface area (Å²) in [6.07, 6.45) is 0.672. The molecular formula is C14H15ClFN3O. The fraction of sp³-hybridized carbons (Fsp3) is 0.286. The van der Waals surface area contributed by atoms with Crippen molar-refractivity contribution in [1.82, 2.24) is 9.97 Å². The Morgan fingerprint density at radius 1 is 1.35 bits per heavy atom. The van der Waals surface area contributed by atoms with E-state index in [1.54, 1.807) is 12.1 Å². The molecule has 0 saturated carbocycles. The zero-order valence-electron chi connectivity index (χ0n) is 11.5. The van der Waals surface area contributed by atoms with E-state index in [4.69, 9.17) is 16.3 Å². The van der Waals surface area contributed by atoms with Crippen LogP contribution in [0.5, 0.6) is 5.75 Å². The Bertz CT molecular complexity index is 634. The molecule has 0 atom stereocenters. The van der Waals surface area contributed by atoms with E-state index in [2.05, 4.69) is 15.3 Å². The van der Waals surface area contributed by atoms with Crippen LogP contribution in [0.15, 0.2) is 18.2 Å². The van der Waals surface area contributed by atoms with Gasteiger partial charge in [-0.2, -0.15) is 0 Å². The Morgan fingerprint density at radius 2 is 2.10 bits per heavy atom. The van der Waals surface area contributed by atoms with Crippen molar-refractivity contribution in [2.75, 3.05) is 12.4 Å². The maximum Gasteiger partial charge on any atom is 0.167 e. The zero-order chi connectivity index (χ0) is 14.7. The second-order valence-corrected chi connectivity index (χ2v) is 4.59. The molecule has 6 heteroatoms. The molecule has 106 valence electrons. The number of anilines is 2. The Hall–Kier alpha value is -1.88. The average molecular weight is 296 g/mol. The number of nitrogens with zero attached hydrogens (tertiary/aromatic N) is 2. The van der Waals surface area contributed by atoms with Crippen molar-refractivity contribution >= 4 is 23.1 Å². The summed E-state index contributed by atoms with van der Waals surface area (Å²) in [5.41, 5.74) is 1.29. The van der Waals surface area contributed by atoms with Gasteiger partial charge in [-0.25, -0.2) is 14.4 Å². The highest BCUT2D eigenvalue weighted by Gasteiger charge is 2.10. The third-order valence-electron chi connectivity index (χ3n) is 2.86. The minimum atomic E-state index is -0.439. The second-order valence-electron chi connectivity index (χ2n) is 4.23. The number of benzene rings is 1. The first-order valence-electron chi connectivity index (χ1n) is 6.18. The van der Waals surface area contributed by atoms with Crippen LogP contribution in [0, 0.1) is 12.7 Å². The monoisotopic (exact) mass is 295 g/mol. The maximum atomic E-state index is 13.7. The maximum absolute atomic E-state index is 13.7. The van der Waals surface area contributed by atoms with E-state index < -0.39 is 5.82 Å². The number of hydrogen-bond acceptors (Lipinski definition) is 4. The van der Waals surface area contributed by atoms with Crippen LogP contribution in [-0.4, -0.2) is 17.1 Å². The molecule has 0 spiro atoms. The van der Waals surface area contributed by atoms with Crippen molar-refractivity contribution in [2.24, 2.45) is 0 Å². The van der Waals surface area contributed by atoms with E-state index in [0.717, 1.165) is 5.56 Å². The first kappa shape index (κ1) is 14.5. The number of halogens is 2. The van der Waals surface area contributed by atoms with Crippen molar-refractivity contribution in [3.63, 3.8) is 0 Å². The van der Waals surface area contributed by atoms with Crippen molar-refractivity contribution < 1.29 is 9.13 Å². The summed E-state index contributed by atoms with van der Waals surface area (Å²) in [4.78, 5) is 8.52. The molecule has 0 saturated heterocycles. The lowest BCUT2D eigenvalue weighted by Crippen LogP contribution is -2.03. The topological polar surface area (TPSA) is 47.0 Å². The van der Waals surface area contributed by atoms with Gasteiger partial charge in [0.15, 0.2) is 11.6 Å². The van der Waals surface area contributed by atoms with Gasteiger partial charge < -0.3 is 10.1 Å². The van der Waals surface area contributed by atoms with E-state index >= 15 is 0 Å². The van der Waals surface area contributed by atoms with E-state index in [1.807, 2.05) is 13.8 Å². The van der Waals surface area contributed by atoms with Crippen molar-refractivity contribution in [1.29, 1.82) is 0 Å². The number of methoxy groups -OCH3 is 1. The molecular weight excluding hydrogens is 281 g/mol. The molecule has 1 N–H and O–H groups in total. The SMILES string of the molecule is CCc1nc(Cl)c(C)c(Nc2ccc(OC)c(F)c2)n1. The van der Waals surface area contributed by atoms with Crippen molar-refractivity contribution in [3.05, 3.63) is 40.6 Å². The summed E-state index contributed by atoms with van der Waals surface area (Å²) in [5, 5.41) is 3.45. The Morgan fingerprint density at radius 3 is 2.70 bits per heavy atom. The van der Waals surface area contributed by atoms with Crippen LogP contribution in [-0.2, 0) is 6.42 Å². The molecule has 0 radical (unpaired) electrons. The minimum Gasteiger partial charge on any atom is -0.494 e. The van der Waals surface area contributed by atoms with Crippen molar-refractivity contribution in [3.8, 4) is 5.75 Å². The van der Waals surface area contributed by atoms with Crippen LogP contribution in [0.3, 0.4) is 0 Å². The van der Waals surface area contributed by atoms with Gasteiger partial charge >= 0.3 is 0 Å². The summed E-state index contributed by atoms with van der Waals surface area (Å²) in [6.45, 7) is 3.75. The normalized spacial score (nSPS) is 10.4. The molecule has 0 unspecified atom stereocenters. The Labute approximate surface area is 122 Å². The first-order valence-corrected chi connectivity index (χ1v) is 6.56. The largest absolute Gasteiger partial charge is 0.494 e. The standard InChI is InChI=1S/C14H15ClFN3O/c1-4-12-18-13(15)8(2)14(19-12)17-9-5-6-11(20-3)10(16)7-9/h5-7H,4H2,1-3H3,(H,17,18,19). The molecule has 0 amide bonds. The van der Waals surface area contributed by atoms with Crippen LogP contribution in [0.2, 0.25) is 5.15 Å². The molecule has 0 aliphatic carbocycles. The van der Waals surface area contributed by atoms with Crippen LogP contribution in [0.4, 0.5) is 15.9 Å². The lowest BCUT2D eigenvalue weighted by Gasteiger charge is -2.11. The van der Waals surface area contributed by atoms with Gasteiger partial charge in [-0.05, 0) is 19.1 Å². The van der Waals surface area contributed by atoms with Gasteiger partial charge in [0.05, 0.1) is 7.11 Å². The smallest absolute Gasteiger partial charge is 0.167 e. The number of aryl methyl sites for hydroxylation is 1. The summed E-state index contributed by atoms with van der Waals surface area (Å²) in [7, 11) is 1.42. The highest BCUT2D eigenvalue weighted by atomic mass is 35.5. The fourth-order valence-corrected chi connectivity index (χ4v) is 1.88. The van der Waals surface area contributed by atoms with Crippen LogP contribution >= 0.6 is 11.6 Å². The molecule has 20 heavy (non-hydrogen) atoms. The number of nitrogens with one attached hydrogen (secondary N) is 1. The molecule has 0 fully saturated rings. The van der Waals surface area contributed by atoms with Gasteiger partial charge in [-0.15, -0.1) is 0 Å². The third kappa shape index (κ3) is 2.99. The summed E-state index contributed by atoms with van der Waals surface area (Å²) in [5.74, 6) is 0.969. The highest BCUT2D eigenvalue weighted by Crippen LogP contribution is 2.26. The molecule has 1 aromatic carbocycles. The van der Waals surface area contributed by atoms with Gasteiger partial charge in [0, 0.05) is 23.7 Å². The van der Waals surface area contributed by atoms with Gasteiger partial charge in [0.1, 0.15) is 16.8 Å². The van der Waals surface area contributed by atoms with E-state index in [-0.39, 0.29) is 5.75 Å². The lowest BCUT2D eigenvalue weighted by atomic mass is 10.2. The average Bonchev–Trinajstić information content (AvgIpc) is 2.43. The van der Waals surface area contributed by atoms with E-state index in [1.165, 1.54) is 13.2 Å². The molecule has 0 aliphatic heterocycles. The number of ether oxygens (including phenoxy) is 1. The Kier molecular flexibility index (Phi) is 4.39. The number of rotatable bonds is 4. The van der Waals surface area contributed by atoms with Crippen LogP contribution < -0.4 is 10.1 Å². The van der Waals surface area contributed by atoms with Gasteiger partial charge in [-0.3, -0.25) is 0 Å². The first-order chi connectivity index (χ1) is 9.55. The third-order valence-corrected chi connectivity index (χ3v) is 3.23. The molecule has 0 bridgehead atoms. The molecule has 0 aliphatic rings. The van der Waals surface area contributed by atoms with Gasteiger partial charge in [0.25, 0.3) is 0 Å². The Balaban J connectivity index is 2.34. The molecule has 1 aromatic heterocycles. The molecule has 1 heterocycles. The van der Waals surface area contributed by atoms with Crippen molar-refractivity contribution in [2.45, 2.75) is 20.3 Å². The highest BCUT2D eigenvalue weighted by molar-refractivity contribution is 6.30. The van der Waals surface area contributed by atoms with E-state index in [9.17, 15) is 4.39 Å². The number of aromatic nitrogens is 2. The van der Waals surface area contributed by atoms with Crippen LogP contribution in [0.1, 0.15) is 18.3 Å². The van der Waals surface area contributed by atoms with Gasteiger partial charge in [0.2, 0.25) is 0 Å². The molecule has 2 aromatic rings. The van der Waals surface area contributed by atoms with Gasteiger partial charge in [-0.1, -0.05) is 18.5 Å².